The van der Waals surface area contributed by atoms with Gasteiger partial charge in [0.25, 0.3) is 0 Å². The van der Waals surface area contributed by atoms with Gasteiger partial charge in [-0.05, 0) is 71.6 Å². The summed E-state index contributed by atoms with van der Waals surface area (Å²) in [5, 5.41) is 1.80. The Hall–Kier alpha value is -3.94. The van der Waals surface area contributed by atoms with E-state index in [0.29, 0.717) is 0 Å². The van der Waals surface area contributed by atoms with Crippen molar-refractivity contribution in [3.63, 3.8) is 0 Å². The van der Waals surface area contributed by atoms with Crippen LogP contribution in [0.2, 0.25) is 0 Å². The summed E-state index contributed by atoms with van der Waals surface area (Å²) in [5.41, 5.74) is 9.53. The maximum Gasteiger partial charge on any atom is 0.235 e. The second-order valence-electron chi connectivity index (χ2n) is 8.86. The predicted molar refractivity (Wildman–Crippen MR) is 141 cm³/mol. The first kappa shape index (κ1) is 19.5. The van der Waals surface area contributed by atoms with Crippen LogP contribution < -0.4 is 15.3 Å². The molecule has 0 bridgehead atoms. The van der Waals surface area contributed by atoms with E-state index in [1.54, 1.807) is 0 Å². The Balaban J connectivity index is 1.58. The van der Waals surface area contributed by atoms with Gasteiger partial charge in [-0.15, -0.1) is 0 Å². The lowest BCUT2D eigenvalue weighted by molar-refractivity contribution is 0.586. The first-order valence-electron chi connectivity index (χ1n) is 11.4. The number of aryl methyl sites for hydroxylation is 1. The summed E-state index contributed by atoms with van der Waals surface area (Å²) in [4.78, 5) is 4.35. The summed E-state index contributed by atoms with van der Waals surface area (Å²) in [7, 11) is -3.13. The molecule has 0 saturated heterocycles. The van der Waals surface area contributed by atoms with Crippen LogP contribution >= 0.6 is 7.29 Å². The number of pyridine rings is 1. The SMILES string of the molecule is Cc1cc(-c2ccc3c(c2)-c2ccccc2P2(=O)c4ccccc4-c4ccccc4N32)ccn1. The molecule has 0 N–H and O–H groups in total. The van der Waals surface area contributed by atoms with Gasteiger partial charge >= 0.3 is 0 Å². The molecular formula is C30H21N2OP. The first-order valence-corrected chi connectivity index (χ1v) is 13.1. The fourth-order valence-corrected chi connectivity index (χ4v) is 8.70. The second kappa shape index (κ2) is 7.03. The summed E-state index contributed by atoms with van der Waals surface area (Å²) >= 11 is 0. The van der Waals surface area contributed by atoms with Crippen molar-refractivity contribution < 1.29 is 4.57 Å². The Kier molecular flexibility index (Phi) is 4.04. The molecule has 1 unspecified atom stereocenters. The zero-order valence-electron chi connectivity index (χ0n) is 18.6. The minimum Gasteiger partial charge on any atom is -0.289 e. The average molecular weight is 456 g/mol. The smallest absolute Gasteiger partial charge is 0.235 e. The average Bonchev–Trinajstić information content (AvgIpc) is 2.89. The van der Waals surface area contributed by atoms with E-state index in [-0.39, 0.29) is 0 Å². The molecule has 4 heteroatoms. The number of benzene rings is 4. The summed E-state index contributed by atoms with van der Waals surface area (Å²) in [6.45, 7) is 2.01. The van der Waals surface area contributed by atoms with Crippen LogP contribution in [0.1, 0.15) is 5.69 Å². The van der Waals surface area contributed by atoms with Gasteiger partial charge in [0.15, 0.2) is 0 Å². The summed E-state index contributed by atoms with van der Waals surface area (Å²) in [6.07, 6.45) is 1.85. The first-order chi connectivity index (χ1) is 16.7. The van der Waals surface area contributed by atoms with E-state index in [4.69, 9.17) is 0 Å². The number of anilines is 2. The lowest BCUT2D eigenvalue weighted by Crippen LogP contribution is -2.37. The fourth-order valence-electron chi connectivity index (χ4n) is 5.44. The largest absolute Gasteiger partial charge is 0.289 e. The Morgan fingerprint density at radius 1 is 0.618 bits per heavy atom. The van der Waals surface area contributed by atoms with E-state index in [1.165, 1.54) is 0 Å². The quantitative estimate of drug-likeness (QED) is 0.253. The molecular weight excluding hydrogens is 435 g/mol. The van der Waals surface area contributed by atoms with E-state index >= 15 is 4.57 Å². The van der Waals surface area contributed by atoms with Crippen molar-refractivity contribution >= 4 is 29.3 Å². The van der Waals surface area contributed by atoms with E-state index in [0.717, 1.165) is 61.1 Å². The maximum atomic E-state index is 15.3. The van der Waals surface area contributed by atoms with Crippen LogP contribution in [0, 0.1) is 6.92 Å². The molecule has 0 saturated carbocycles. The number of nitrogens with zero attached hydrogens (tertiary/aromatic N) is 2. The Morgan fingerprint density at radius 2 is 1.21 bits per heavy atom. The molecule has 5 aromatic rings. The summed E-state index contributed by atoms with van der Waals surface area (Å²) in [6, 6.07) is 35.3. The number of rotatable bonds is 1. The zero-order valence-corrected chi connectivity index (χ0v) is 19.5. The van der Waals surface area contributed by atoms with Crippen LogP contribution in [0.4, 0.5) is 11.4 Å². The van der Waals surface area contributed by atoms with Crippen molar-refractivity contribution in [2.24, 2.45) is 0 Å². The third-order valence-corrected chi connectivity index (χ3v) is 9.99. The highest BCUT2D eigenvalue weighted by molar-refractivity contribution is 7.81. The van der Waals surface area contributed by atoms with Gasteiger partial charge in [-0.2, -0.15) is 0 Å². The Labute approximate surface area is 198 Å². The normalized spacial score (nSPS) is 17.1. The highest BCUT2D eigenvalue weighted by Gasteiger charge is 2.47. The molecule has 0 fully saturated rings. The van der Waals surface area contributed by atoms with Gasteiger partial charge in [-0.1, -0.05) is 60.7 Å². The molecule has 0 aliphatic carbocycles. The molecule has 2 aliphatic heterocycles. The number of hydrogen-bond donors (Lipinski definition) is 0. The Morgan fingerprint density at radius 3 is 1.94 bits per heavy atom. The van der Waals surface area contributed by atoms with Gasteiger partial charge < -0.3 is 0 Å². The van der Waals surface area contributed by atoms with Crippen molar-refractivity contribution in [3.8, 4) is 33.4 Å². The molecule has 4 aromatic carbocycles. The molecule has 3 nitrogen and oxygen atoms in total. The van der Waals surface area contributed by atoms with Crippen molar-refractivity contribution in [1.82, 2.24) is 4.98 Å². The molecule has 0 amide bonds. The van der Waals surface area contributed by atoms with Crippen LogP contribution in [0.5, 0.6) is 0 Å². The monoisotopic (exact) mass is 456 g/mol. The lowest BCUT2D eigenvalue weighted by Gasteiger charge is -2.44. The number of para-hydroxylation sites is 1. The van der Waals surface area contributed by atoms with E-state index in [9.17, 15) is 0 Å². The van der Waals surface area contributed by atoms with Crippen molar-refractivity contribution in [3.05, 3.63) is 115 Å². The standard InChI is InChI=1S/C30H21N2OP/c1-20-18-22(16-17-31-20)21-14-15-28-26(19-21)25-10-4-7-13-30(25)34(33)29-12-6-3-9-24(29)23-8-2-5-11-27(23)32(28)34/h2-19H,1H3. The summed E-state index contributed by atoms with van der Waals surface area (Å²) in [5.74, 6) is 0. The zero-order chi connectivity index (χ0) is 22.9. The predicted octanol–water partition coefficient (Wildman–Crippen LogP) is 7.09. The number of fused-ring (bicyclic) bond motifs is 11. The fraction of sp³-hybridized carbons (Fsp3) is 0.0333. The van der Waals surface area contributed by atoms with E-state index in [1.807, 2.05) is 61.7 Å². The molecule has 3 heterocycles. The van der Waals surface area contributed by atoms with Gasteiger partial charge in [0.1, 0.15) is 0 Å². The molecule has 7 rings (SSSR count). The number of aromatic nitrogens is 1. The molecule has 162 valence electrons. The molecule has 1 aromatic heterocycles. The minimum absolute atomic E-state index is 0.896. The van der Waals surface area contributed by atoms with E-state index in [2.05, 4.69) is 64.3 Å². The molecule has 2 aliphatic rings. The minimum atomic E-state index is -3.13. The van der Waals surface area contributed by atoms with Crippen molar-refractivity contribution in [2.75, 3.05) is 4.67 Å². The highest BCUT2D eigenvalue weighted by atomic mass is 31.2. The van der Waals surface area contributed by atoms with Gasteiger partial charge in [0.05, 0.1) is 11.4 Å². The van der Waals surface area contributed by atoms with Gasteiger partial charge in [-0.3, -0.25) is 14.2 Å². The van der Waals surface area contributed by atoms with Gasteiger partial charge in [0, 0.05) is 33.6 Å². The van der Waals surface area contributed by atoms with Crippen LogP contribution in [-0.4, -0.2) is 4.98 Å². The molecule has 0 radical (unpaired) electrons. The third-order valence-electron chi connectivity index (χ3n) is 6.91. The van der Waals surface area contributed by atoms with E-state index < -0.39 is 7.29 Å². The second-order valence-corrected chi connectivity index (χ2v) is 11.4. The lowest BCUT2D eigenvalue weighted by atomic mass is 9.96. The maximum absolute atomic E-state index is 15.3. The van der Waals surface area contributed by atoms with Gasteiger partial charge in [0.2, 0.25) is 7.29 Å². The topological polar surface area (TPSA) is 33.2 Å². The van der Waals surface area contributed by atoms with Crippen molar-refractivity contribution in [1.29, 1.82) is 0 Å². The van der Waals surface area contributed by atoms with Crippen LogP contribution in [0.25, 0.3) is 33.4 Å². The van der Waals surface area contributed by atoms with Crippen LogP contribution in [-0.2, 0) is 4.57 Å². The van der Waals surface area contributed by atoms with Gasteiger partial charge in [-0.25, -0.2) is 0 Å². The molecule has 34 heavy (non-hydrogen) atoms. The molecule has 0 spiro atoms. The molecule has 1 atom stereocenters. The third kappa shape index (κ3) is 2.53. The number of hydrogen-bond acceptors (Lipinski definition) is 2. The van der Waals surface area contributed by atoms with Crippen LogP contribution in [0.15, 0.2) is 109 Å². The van der Waals surface area contributed by atoms with Crippen LogP contribution in [0.3, 0.4) is 0 Å². The summed E-state index contributed by atoms with van der Waals surface area (Å²) < 4.78 is 17.4. The van der Waals surface area contributed by atoms with Crippen molar-refractivity contribution in [2.45, 2.75) is 6.92 Å². The Bertz CT molecular complexity index is 1670. The highest BCUT2D eigenvalue weighted by Crippen LogP contribution is 2.65.